The third-order valence-corrected chi connectivity index (χ3v) is 3.71. The molecule has 0 spiro atoms. The summed E-state index contributed by atoms with van der Waals surface area (Å²) in [5.74, 6) is -0.310. The van der Waals surface area contributed by atoms with E-state index in [1.807, 2.05) is 0 Å². The lowest BCUT2D eigenvalue weighted by molar-refractivity contribution is 0.0923. The summed E-state index contributed by atoms with van der Waals surface area (Å²) >= 11 is 5.68. The van der Waals surface area contributed by atoms with Crippen molar-refractivity contribution >= 4 is 11.6 Å². The first-order valence-electron chi connectivity index (χ1n) is 6.49. The van der Waals surface area contributed by atoms with Crippen molar-refractivity contribution in [2.75, 3.05) is 13.1 Å². The average molecular weight is 297 g/mol. The molecule has 2 aliphatic heterocycles. The Kier molecular flexibility index (Phi) is 3.54. The van der Waals surface area contributed by atoms with Crippen molar-refractivity contribution in [3.05, 3.63) is 40.6 Å². The molecule has 2 atom stereocenters. The van der Waals surface area contributed by atoms with Crippen LogP contribution < -0.4 is 5.32 Å². The highest BCUT2D eigenvalue weighted by atomic mass is 35.5. The van der Waals surface area contributed by atoms with E-state index < -0.39 is 11.5 Å². The molecule has 7 heteroatoms. The zero-order valence-electron chi connectivity index (χ0n) is 10.7. The molecule has 5 nitrogen and oxygen atoms in total. The number of aliphatic hydroxyl groups is 1. The molecule has 2 unspecified atom stereocenters. The SMILES string of the molecule is OC1(c2cc(F)cc(C3CCCNC3)n2)C=C(Cl)N=N1. The number of azo groups is 1. The van der Waals surface area contributed by atoms with Crippen LogP contribution >= 0.6 is 11.6 Å². The van der Waals surface area contributed by atoms with Gasteiger partial charge in [0.15, 0.2) is 5.16 Å². The third-order valence-electron chi connectivity index (χ3n) is 3.52. The molecular formula is C13H14ClFN4O. The zero-order valence-corrected chi connectivity index (χ0v) is 11.4. The molecule has 0 radical (unpaired) electrons. The van der Waals surface area contributed by atoms with Crippen molar-refractivity contribution in [3.8, 4) is 0 Å². The second-order valence-corrected chi connectivity index (χ2v) is 5.42. The summed E-state index contributed by atoms with van der Waals surface area (Å²) in [7, 11) is 0. The minimum Gasteiger partial charge on any atom is -0.360 e. The Hall–Kier alpha value is -1.37. The van der Waals surface area contributed by atoms with Gasteiger partial charge in [-0.1, -0.05) is 11.6 Å². The van der Waals surface area contributed by atoms with E-state index in [1.165, 1.54) is 12.1 Å². The van der Waals surface area contributed by atoms with E-state index in [4.69, 9.17) is 11.6 Å². The van der Waals surface area contributed by atoms with Crippen LogP contribution in [0.2, 0.25) is 0 Å². The van der Waals surface area contributed by atoms with Crippen LogP contribution in [0, 0.1) is 5.82 Å². The third kappa shape index (κ3) is 2.59. The highest BCUT2D eigenvalue weighted by molar-refractivity contribution is 6.29. The monoisotopic (exact) mass is 296 g/mol. The Morgan fingerprint density at radius 1 is 1.45 bits per heavy atom. The number of hydrogen-bond donors (Lipinski definition) is 2. The van der Waals surface area contributed by atoms with Crippen LogP contribution in [0.15, 0.2) is 33.6 Å². The van der Waals surface area contributed by atoms with Gasteiger partial charge in [-0.25, -0.2) is 4.39 Å². The number of rotatable bonds is 2. The van der Waals surface area contributed by atoms with Gasteiger partial charge in [0, 0.05) is 30.3 Å². The molecule has 0 aromatic carbocycles. The standard InChI is InChI=1S/C13H14ClFN4O/c14-12-6-13(20,19-18-12)11-5-9(15)4-10(17-11)8-2-1-3-16-7-8/h4-6,8,16,20H,1-3,7H2. The highest BCUT2D eigenvalue weighted by Crippen LogP contribution is 2.33. The first-order chi connectivity index (χ1) is 9.57. The minimum atomic E-state index is -1.77. The van der Waals surface area contributed by atoms with Gasteiger partial charge in [-0.15, -0.1) is 10.2 Å². The number of hydrogen-bond acceptors (Lipinski definition) is 5. The molecule has 3 rings (SSSR count). The largest absolute Gasteiger partial charge is 0.360 e. The Balaban J connectivity index is 1.97. The van der Waals surface area contributed by atoms with E-state index in [1.54, 1.807) is 0 Å². The molecule has 106 valence electrons. The summed E-state index contributed by atoms with van der Waals surface area (Å²) in [5.41, 5.74) is -1.04. The molecule has 20 heavy (non-hydrogen) atoms. The first-order valence-corrected chi connectivity index (χ1v) is 6.87. The normalized spacial score (nSPS) is 29.6. The van der Waals surface area contributed by atoms with Crippen LogP contribution in [0.5, 0.6) is 0 Å². The Bertz CT molecular complexity index is 586. The van der Waals surface area contributed by atoms with Crippen molar-refractivity contribution in [2.45, 2.75) is 24.5 Å². The van der Waals surface area contributed by atoms with E-state index in [0.29, 0.717) is 5.69 Å². The number of aromatic nitrogens is 1. The van der Waals surface area contributed by atoms with E-state index in [0.717, 1.165) is 32.0 Å². The van der Waals surface area contributed by atoms with Crippen LogP contribution in [0.1, 0.15) is 30.1 Å². The van der Waals surface area contributed by atoms with Crippen molar-refractivity contribution in [2.24, 2.45) is 10.2 Å². The van der Waals surface area contributed by atoms with Crippen LogP contribution in [0.3, 0.4) is 0 Å². The highest BCUT2D eigenvalue weighted by Gasteiger charge is 2.34. The Morgan fingerprint density at radius 3 is 2.95 bits per heavy atom. The van der Waals surface area contributed by atoms with E-state index >= 15 is 0 Å². The number of piperidine rings is 1. The van der Waals surface area contributed by atoms with Gasteiger partial charge in [0.1, 0.15) is 11.5 Å². The fourth-order valence-electron chi connectivity index (χ4n) is 2.49. The summed E-state index contributed by atoms with van der Waals surface area (Å²) in [6.45, 7) is 1.72. The lowest BCUT2D eigenvalue weighted by Crippen LogP contribution is -2.30. The molecule has 1 fully saturated rings. The van der Waals surface area contributed by atoms with E-state index in [-0.39, 0.29) is 16.8 Å². The number of halogens is 2. The Morgan fingerprint density at radius 2 is 2.30 bits per heavy atom. The summed E-state index contributed by atoms with van der Waals surface area (Å²) in [6.07, 6.45) is 3.21. The summed E-state index contributed by atoms with van der Waals surface area (Å²) in [6, 6.07) is 2.56. The molecule has 1 saturated heterocycles. The number of nitrogens with one attached hydrogen (secondary N) is 1. The summed E-state index contributed by atoms with van der Waals surface area (Å²) in [5, 5.41) is 20.9. The molecule has 0 aliphatic carbocycles. The van der Waals surface area contributed by atoms with Gasteiger partial charge in [0.2, 0.25) is 5.72 Å². The summed E-state index contributed by atoms with van der Waals surface area (Å²) in [4.78, 5) is 4.36. The molecule has 2 aliphatic rings. The van der Waals surface area contributed by atoms with Gasteiger partial charge in [-0.2, -0.15) is 0 Å². The van der Waals surface area contributed by atoms with Crippen LogP contribution in [0.25, 0.3) is 0 Å². The minimum absolute atomic E-state index is 0.0689. The second-order valence-electron chi connectivity index (χ2n) is 5.03. The molecule has 0 saturated carbocycles. The number of pyridine rings is 1. The average Bonchev–Trinajstić information content (AvgIpc) is 2.80. The molecule has 0 amide bonds. The molecule has 3 heterocycles. The zero-order chi connectivity index (χ0) is 14.2. The first kappa shape index (κ1) is 13.6. The fraction of sp³-hybridized carbons (Fsp3) is 0.462. The Labute approximate surface area is 120 Å². The molecule has 0 bridgehead atoms. The van der Waals surface area contributed by atoms with Crippen molar-refractivity contribution in [1.82, 2.24) is 10.3 Å². The van der Waals surface area contributed by atoms with Crippen molar-refractivity contribution in [1.29, 1.82) is 0 Å². The van der Waals surface area contributed by atoms with Crippen LogP contribution in [-0.2, 0) is 5.72 Å². The lowest BCUT2D eigenvalue weighted by Gasteiger charge is -2.24. The predicted octanol–water partition coefficient (Wildman–Crippen LogP) is 2.38. The summed E-state index contributed by atoms with van der Waals surface area (Å²) < 4.78 is 13.8. The van der Waals surface area contributed by atoms with E-state index in [2.05, 4.69) is 20.5 Å². The van der Waals surface area contributed by atoms with Gasteiger partial charge in [0.25, 0.3) is 0 Å². The topological polar surface area (TPSA) is 69.9 Å². The quantitative estimate of drug-likeness (QED) is 0.823. The van der Waals surface area contributed by atoms with Crippen LogP contribution in [0.4, 0.5) is 4.39 Å². The predicted molar refractivity (Wildman–Crippen MR) is 71.7 cm³/mol. The van der Waals surface area contributed by atoms with Crippen molar-refractivity contribution in [3.63, 3.8) is 0 Å². The molecule has 1 aromatic rings. The maximum Gasteiger partial charge on any atom is 0.242 e. The molecule has 2 N–H and O–H groups in total. The van der Waals surface area contributed by atoms with E-state index in [9.17, 15) is 9.50 Å². The molecular weight excluding hydrogens is 283 g/mol. The van der Waals surface area contributed by atoms with Gasteiger partial charge in [0.05, 0.1) is 0 Å². The van der Waals surface area contributed by atoms with Gasteiger partial charge in [-0.05, 0) is 25.5 Å². The second kappa shape index (κ2) is 5.20. The van der Waals surface area contributed by atoms with Crippen molar-refractivity contribution < 1.29 is 9.50 Å². The van der Waals surface area contributed by atoms with Gasteiger partial charge < -0.3 is 10.4 Å². The van der Waals surface area contributed by atoms with Gasteiger partial charge in [-0.3, -0.25) is 4.98 Å². The van der Waals surface area contributed by atoms with Gasteiger partial charge >= 0.3 is 0 Å². The molecule has 1 aromatic heterocycles. The smallest absolute Gasteiger partial charge is 0.242 e. The maximum absolute atomic E-state index is 13.8. The number of nitrogens with zero attached hydrogens (tertiary/aromatic N) is 3. The fourth-order valence-corrected chi connectivity index (χ4v) is 2.68. The maximum atomic E-state index is 13.8. The van der Waals surface area contributed by atoms with Crippen LogP contribution in [-0.4, -0.2) is 23.2 Å². The lowest BCUT2D eigenvalue weighted by atomic mass is 9.95.